The van der Waals surface area contributed by atoms with Crippen LogP contribution < -0.4 is 10.6 Å². The predicted molar refractivity (Wildman–Crippen MR) is 57.8 cm³/mol. The van der Waals surface area contributed by atoms with Crippen LogP contribution in [-0.2, 0) is 4.79 Å². The van der Waals surface area contributed by atoms with E-state index in [1.54, 1.807) is 4.90 Å². The lowest BCUT2D eigenvalue weighted by Crippen LogP contribution is -2.53. The molecule has 0 bridgehead atoms. The summed E-state index contributed by atoms with van der Waals surface area (Å²) >= 11 is 0. The molecule has 0 spiro atoms. The first-order valence-corrected chi connectivity index (χ1v) is 5.07. The van der Waals surface area contributed by atoms with Crippen LogP contribution in [-0.4, -0.2) is 54.2 Å². The Kier molecular flexibility index (Phi) is 4.61. The van der Waals surface area contributed by atoms with Crippen molar-refractivity contribution in [3.63, 3.8) is 0 Å². The molecule has 0 aromatic carbocycles. The van der Waals surface area contributed by atoms with Crippen molar-refractivity contribution in [1.82, 2.24) is 15.5 Å². The molecule has 1 aliphatic rings. The number of rotatable bonds is 3. The molecule has 6 nitrogen and oxygen atoms in total. The predicted octanol–water partition coefficient (Wildman–Crippen LogP) is -0.922. The molecular formula is C10H15N3O3. The van der Waals surface area contributed by atoms with Gasteiger partial charge in [-0.15, -0.1) is 12.3 Å². The number of urea groups is 1. The number of carboxylic acid groups (broad SMARTS) is 1. The van der Waals surface area contributed by atoms with Gasteiger partial charge in [-0.25, -0.2) is 9.59 Å². The summed E-state index contributed by atoms with van der Waals surface area (Å²) < 4.78 is 0. The molecule has 1 atom stereocenters. The Labute approximate surface area is 94.0 Å². The number of aliphatic carboxylic acids is 1. The molecule has 1 unspecified atom stereocenters. The standard InChI is InChI=1S/C10H15N3O3/c1-2-3-8(9(14)15)12-10(16)13-6-4-11-5-7-13/h1,8,11H,3-7H2,(H,12,16)(H,14,15). The third-order valence-electron chi connectivity index (χ3n) is 2.32. The van der Waals surface area contributed by atoms with Crippen LogP contribution in [0, 0.1) is 12.3 Å². The highest BCUT2D eigenvalue weighted by Crippen LogP contribution is 1.97. The van der Waals surface area contributed by atoms with Crippen molar-refractivity contribution in [2.24, 2.45) is 0 Å². The maximum absolute atomic E-state index is 11.6. The number of hydrogen-bond acceptors (Lipinski definition) is 3. The van der Waals surface area contributed by atoms with Gasteiger partial charge in [-0.1, -0.05) is 0 Å². The van der Waals surface area contributed by atoms with Crippen molar-refractivity contribution < 1.29 is 14.7 Å². The van der Waals surface area contributed by atoms with E-state index < -0.39 is 12.0 Å². The molecule has 0 aromatic heterocycles. The smallest absolute Gasteiger partial charge is 0.327 e. The summed E-state index contributed by atoms with van der Waals surface area (Å²) in [7, 11) is 0. The summed E-state index contributed by atoms with van der Waals surface area (Å²) in [5.74, 6) is 1.12. The molecule has 1 saturated heterocycles. The monoisotopic (exact) mass is 225 g/mol. The van der Waals surface area contributed by atoms with Gasteiger partial charge in [0, 0.05) is 32.6 Å². The van der Waals surface area contributed by atoms with E-state index in [2.05, 4.69) is 16.6 Å². The molecule has 0 radical (unpaired) electrons. The van der Waals surface area contributed by atoms with Crippen molar-refractivity contribution >= 4 is 12.0 Å². The minimum atomic E-state index is -1.11. The number of piperazine rings is 1. The molecule has 3 N–H and O–H groups in total. The van der Waals surface area contributed by atoms with Gasteiger partial charge < -0.3 is 20.6 Å². The number of amides is 2. The minimum Gasteiger partial charge on any atom is -0.480 e. The van der Waals surface area contributed by atoms with E-state index in [0.717, 1.165) is 13.1 Å². The number of terminal acetylenes is 1. The topological polar surface area (TPSA) is 81.7 Å². The van der Waals surface area contributed by atoms with Gasteiger partial charge in [0.2, 0.25) is 0 Å². The average molecular weight is 225 g/mol. The van der Waals surface area contributed by atoms with Crippen LogP contribution in [0.4, 0.5) is 4.79 Å². The summed E-state index contributed by atoms with van der Waals surface area (Å²) in [6.07, 6.45) is 5.03. The van der Waals surface area contributed by atoms with Gasteiger partial charge in [-0.2, -0.15) is 0 Å². The van der Waals surface area contributed by atoms with Crippen LogP contribution in [0.2, 0.25) is 0 Å². The van der Waals surface area contributed by atoms with Gasteiger partial charge in [0.25, 0.3) is 0 Å². The lowest BCUT2D eigenvalue weighted by Gasteiger charge is -2.28. The number of carbonyl (C=O) groups is 2. The first-order chi connectivity index (χ1) is 7.65. The quantitative estimate of drug-likeness (QED) is 0.542. The molecule has 6 heteroatoms. The number of carbonyl (C=O) groups excluding carboxylic acids is 1. The molecule has 1 heterocycles. The fourth-order valence-electron chi connectivity index (χ4n) is 1.43. The highest BCUT2D eigenvalue weighted by Gasteiger charge is 2.23. The molecule has 16 heavy (non-hydrogen) atoms. The van der Waals surface area contributed by atoms with Crippen LogP contribution in [0.3, 0.4) is 0 Å². The van der Waals surface area contributed by atoms with Gasteiger partial charge >= 0.3 is 12.0 Å². The second kappa shape index (κ2) is 5.98. The summed E-state index contributed by atoms with van der Waals surface area (Å²) in [5.41, 5.74) is 0. The molecule has 0 aliphatic carbocycles. The van der Waals surface area contributed by atoms with Crippen molar-refractivity contribution in [2.75, 3.05) is 26.2 Å². The van der Waals surface area contributed by atoms with Crippen LogP contribution in [0.15, 0.2) is 0 Å². The van der Waals surface area contributed by atoms with Gasteiger partial charge in [-0.3, -0.25) is 0 Å². The molecule has 0 saturated carbocycles. The average Bonchev–Trinajstić information content (AvgIpc) is 2.29. The van der Waals surface area contributed by atoms with Crippen LogP contribution >= 0.6 is 0 Å². The zero-order chi connectivity index (χ0) is 12.0. The summed E-state index contributed by atoms with van der Waals surface area (Å²) in [4.78, 5) is 24.0. The second-order valence-corrected chi connectivity index (χ2v) is 3.49. The van der Waals surface area contributed by atoms with Gasteiger partial charge in [0.15, 0.2) is 0 Å². The first-order valence-electron chi connectivity index (χ1n) is 5.07. The number of nitrogens with one attached hydrogen (secondary N) is 2. The van der Waals surface area contributed by atoms with Crippen molar-refractivity contribution in [1.29, 1.82) is 0 Å². The van der Waals surface area contributed by atoms with E-state index in [9.17, 15) is 9.59 Å². The zero-order valence-corrected chi connectivity index (χ0v) is 8.90. The molecule has 1 rings (SSSR count). The Morgan fingerprint density at radius 1 is 1.50 bits per heavy atom. The Morgan fingerprint density at radius 3 is 2.62 bits per heavy atom. The molecule has 2 amide bonds. The summed E-state index contributed by atoms with van der Waals surface area (Å²) in [6.45, 7) is 2.60. The molecule has 1 aliphatic heterocycles. The molecule has 88 valence electrons. The van der Waals surface area contributed by atoms with Crippen molar-refractivity contribution in [2.45, 2.75) is 12.5 Å². The maximum Gasteiger partial charge on any atom is 0.327 e. The van der Waals surface area contributed by atoms with E-state index in [1.165, 1.54) is 0 Å². The van der Waals surface area contributed by atoms with E-state index in [-0.39, 0.29) is 12.5 Å². The highest BCUT2D eigenvalue weighted by molar-refractivity contribution is 5.82. The normalized spacial score (nSPS) is 17.3. The number of hydrogen-bond donors (Lipinski definition) is 3. The fourth-order valence-corrected chi connectivity index (χ4v) is 1.43. The highest BCUT2D eigenvalue weighted by atomic mass is 16.4. The number of carboxylic acids is 1. The lowest BCUT2D eigenvalue weighted by molar-refractivity contribution is -0.139. The van der Waals surface area contributed by atoms with E-state index in [0.29, 0.717) is 13.1 Å². The van der Waals surface area contributed by atoms with E-state index >= 15 is 0 Å². The maximum atomic E-state index is 11.6. The zero-order valence-electron chi connectivity index (χ0n) is 8.90. The lowest BCUT2D eigenvalue weighted by atomic mass is 10.2. The van der Waals surface area contributed by atoms with Crippen LogP contribution in [0.5, 0.6) is 0 Å². The molecule has 0 aromatic rings. The third kappa shape index (κ3) is 3.44. The van der Waals surface area contributed by atoms with E-state index in [4.69, 9.17) is 11.5 Å². The molecule has 1 fully saturated rings. The fraction of sp³-hybridized carbons (Fsp3) is 0.600. The summed E-state index contributed by atoms with van der Waals surface area (Å²) in [6, 6.07) is -1.38. The Bertz CT molecular complexity index is 305. The van der Waals surface area contributed by atoms with Crippen LogP contribution in [0.1, 0.15) is 6.42 Å². The van der Waals surface area contributed by atoms with Crippen LogP contribution in [0.25, 0.3) is 0 Å². The Morgan fingerprint density at radius 2 is 2.12 bits per heavy atom. The SMILES string of the molecule is C#CCC(NC(=O)N1CCNCC1)C(=O)O. The summed E-state index contributed by atoms with van der Waals surface area (Å²) in [5, 5.41) is 14.3. The third-order valence-corrected chi connectivity index (χ3v) is 2.32. The van der Waals surface area contributed by atoms with Gasteiger partial charge in [0.1, 0.15) is 6.04 Å². The van der Waals surface area contributed by atoms with Crippen molar-refractivity contribution in [3.05, 3.63) is 0 Å². The number of nitrogens with zero attached hydrogens (tertiary/aromatic N) is 1. The van der Waals surface area contributed by atoms with Gasteiger partial charge in [0.05, 0.1) is 0 Å². The van der Waals surface area contributed by atoms with Crippen molar-refractivity contribution in [3.8, 4) is 12.3 Å². The Hall–Kier alpha value is -1.74. The Balaban J connectivity index is 2.47. The van der Waals surface area contributed by atoms with E-state index in [1.807, 2.05) is 0 Å². The largest absolute Gasteiger partial charge is 0.480 e. The second-order valence-electron chi connectivity index (χ2n) is 3.49. The molecular weight excluding hydrogens is 210 g/mol. The minimum absolute atomic E-state index is 0.00678. The van der Waals surface area contributed by atoms with Gasteiger partial charge in [-0.05, 0) is 0 Å². The first kappa shape index (κ1) is 12.3.